The van der Waals surface area contributed by atoms with E-state index in [1.807, 2.05) is 6.92 Å². The quantitative estimate of drug-likeness (QED) is 0.652. The van der Waals surface area contributed by atoms with Crippen LogP contribution in [0.3, 0.4) is 0 Å². The molecule has 0 bridgehead atoms. The second kappa shape index (κ2) is 5.46. The van der Waals surface area contributed by atoms with E-state index in [9.17, 15) is 13.2 Å². The van der Waals surface area contributed by atoms with Crippen LogP contribution in [0.2, 0.25) is 0 Å². The van der Waals surface area contributed by atoms with E-state index >= 15 is 0 Å². The first-order valence-electron chi connectivity index (χ1n) is 4.91. The van der Waals surface area contributed by atoms with Gasteiger partial charge in [0.15, 0.2) is 0 Å². The van der Waals surface area contributed by atoms with Crippen LogP contribution in [0.25, 0.3) is 0 Å². The Hall–Kier alpha value is -0.620. The average Bonchev–Trinajstić information content (AvgIpc) is 2.14. The van der Waals surface area contributed by atoms with Crippen molar-refractivity contribution in [3.63, 3.8) is 0 Å². The fourth-order valence-corrected chi connectivity index (χ4v) is 1.43. The van der Waals surface area contributed by atoms with Crippen LogP contribution in [0.5, 0.6) is 0 Å². The van der Waals surface area contributed by atoms with E-state index in [2.05, 4.69) is 5.32 Å². The van der Waals surface area contributed by atoms with Crippen LogP contribution in [0, 0.1) is 5.41 Å². The van der Waals surface area contributed by atoms with Crippen LogP contribution < -0.4 is 11.1 Å². The lowest BCUT2D eigenvalue weighted by molar-refractivity contribution is -0.129. The molecular weight excluding hydrogens is 216 g/mol. The van der Waals surface area contributed by atoms with Gasteiger partial charge in [-0.15, -0.1) is 0 Å². The van der Waals surface area contributed by atoms with E-state index in [1.165, 1.54) is 0 Å². The summed E-state index contributed by atoms with van der Waals surface area (Å²) in [6.45, 7) is 4.05. The molecule has 1 atom stereocenters. The molecule has 90 valence electrons. The molecule has 0 aliphatic carbocycles. The maximum Gasteiger partial charge on any atom is 0.227 e. The van der Waals surface area contributed by atoms with Gasteiger partial charge in [-0.2, -0.15) is 0 Å². The molecule has 0 aromatic carbocycles. The van der Waals surface area contributed by atoms with Gasteiger partial charge in [-0.1, -0.05) is 6.92 Å². The number of nitrogens with one attached hydrogen (secondary N) is 1. The fourth-order valence-electron chi connectivity index (χ4n) is 0.961. The number of nitrogens with two attached hydrogens (primary N) is 1. The standard InChI is InChI=1S/C9H20N2O3S/c1-4-9(2,7-10)8(12)11-5-6-15(3,13)14/h4-7,10H2,1-3H3,(H,11,12). The zero-order chi connectivity index (χ0) is 12.1. The van der Waals surface area contributed by atoms with Crippen LogP contribution >= 0.6 is 0 Å². The van der Waals surface area contributed by atoms with Crippen molar-refractivity contribution in [2.75, 3.05) is 25.1 Å². The van der Waals surface area contributed by atoms with Crippen LogP contribution in [-0.2, 0) is 14.6 Å². The molecule has 1 amide bonds. The van der Waals surface area contributed by atoms with Crippen LogP contribution in [0.1, 0.15) is 20.3 Å². The molecule has 6 heteroatoms. The molecule has 5 nitrogen and oxygen atoms in total. The Morgan fingerprint density at radius 1 is 1.47 bits per heavy atom. The average molecular weight is 236 g/mol. The monoisotopic (exact) mass is 236 g/mol. The van der Waals surface area contributed by atoms with E-state index in [4.69, 9.17) is 5.73 Å². The van der Waals surface area contributed by atoms with Crippen molar-refractivity contribution in [3.8, 4) is 0 Å². The fraction of sp³-hybridized carbons (Fsp3) is 0.889. The normalized spacial score (nSPS) is 15.7. The van der Waals surface area contributed by atoms with Gasteiger partial charge in [-0.3, -0.25) is 4.79 Å². The molecule has 0 aromatic rings. The smallest absolute Gasteiger partial charge is 0.227 e. The van der Waals surface area contributed by atoms with Gasteiger partial charge in [0, 0.05) is 19.3 Å². The Labute approximate surface area is 91.3 Å². The minimum absolute atomic E-state index is 0.0386. The van der Waals surface area contributed by atoms with Crippen molar-refractivity contribution in [2.24, 2.45) is 11.1 Å². The number of amides is 1. The summed E-state index contributed by atoms with van der Waals surface area (Å²) in [4.78, 5) is 11.6. The second-order valence-electron chi connectivity index (χ2n) is 4.00. The summed E-state index contributed by atoms with van der Waals surface area (Å²) in [5.41, 5.74) is 4.90. The van der Waals surface area contributed by atoms with Crippen molar-refractivity contribution in [3.05, 3.63) is 0 Å². The lowest BCUT2D eigenvalue weighted by Crippen LogP contribution is -2.44. The molecule has 1 unspecified atom stereocenters. The lowest BCUT2D eigenvalue weighted by Gasteiger charge is -2.24. The topological polar surface area (TPSA) is 89.3 Å². The summed E-state index contributed by atoms with van der Waals surface area (Å²) in [5, 5.41) is 2.58. The maximum absolute atomic E-state index is 11.6. The van der Waals surface area contributed by atoms with Gasteiger partial charge < -0.3 is 11.1 Å². The van der Waals surface area contributed by atoms with Crippen LogP contribution in [0.4, 0.5) is 0 Å². The molecular formula is C9H20N2O3S. The number of rotatable bonds is 6. The van der Waals surface area contributed by atoms with Crippen molar-refractivity contribution in [2.45, 2.75) is 20.3 Å². The molecule has 0 rings (SSSR count). The van der Waals surface area contributed by atoms with Gasteiger partial charge in [0.25, 0.3) is 0 Å². The van der Waals surface area contributed by atoms with E-state index in [-0.39, 0.29) is 24.7 Å². The second-order valence-corrected chi connectivity index (χ2v) is 6.26. The Kier molecular flexibility index (Phi) is 5.23. The Bertz CT molecular complexity index is 307. The molecule has 0 heterocycles. The molecule has 0 saturated heterocycles. The van der Waals surface area contributed by atoms with Crippen molar-refractivity contribution >= 4 is 15.7 Å². The van der Waals surface area contributed by atoms with Crippen LogP contribution in [-0.4, -0.2) is 39.4 Å². The Morgan fingerprint density at radius 3 is 2.33 bits per heavy atom. The SMILES string of the molecule is CCC(C)(CN)C(=O)NCCS(C)(=O)=O. The van der Waals surface area contributed by atoms with Gasteiger partial charge in [0.1, 0.15) is 9.84 Å². The van der Waals surface area contributed by atoms with E-state index in [0.29, 0.717) is 6.42 Å². The number of hydrogen-bond acceptors (Lipinski definition) is 4. The number of carbonyl (C=O) groups is 1. The van der Waals surface area contributed by atoms with Gasteiger partial charge in [0.05, 0.1) is 11.2 Å². The molecule has 0 aromatic heterocycles. The summed E-state index contributed by atoms with van der Waals surface area (Å²) < 4.78 is 21.7. The minimum Gasteiger partial charge on any atom is -0.355 e. The highest BCUT2D eigenvalue weighted by molar-refractivity contribution is 7.90. The molecule has 15 heavy (non-hydrogen) atoms. The Morgan fingerprint density at radius 2 is 2.00 bits per heavy atom. The first-order chi connectivity index (χ1) is 6.75. The highest BCUT2D eigenvalue weighted by Crippen LogP contribution is 2.18. The van der Waals surface area contributed by atoms with Gasteiger partial charge in [-0.25, -0.2) is 8.42 Å². The third-order valence-corrected chi connectivity index (χ3v) is 3.48. The predicted molar refractivity (Wildman–Crippen MR) is 60.2 cm³/mol. The molecule has 0 aliphatic heterocycles. The summed E-state index contributed by atoms with van der Waals surface area (Å²) in [5.74, 6) is -0.223. The summed E-state index contributed by atoms with van der Waals surface area (Å²) >= 11 is 0. The first-order valence-corrected chi connectivity index (χ1v) is 6.97. The van der Waals surface area contributed by atoms with Crippen molar-refractivity contribution in [1.82, 2.24) is 5.32 Å². The molecule has 3 N–H and O–H groups in total. The maximum atomic E-state index is 11.6. The summed E-state index contributed by atoms with van der Waals surface area (Å²) in [6, 6.07) is 0. The minimum atomic E-state index is -3.02. The molecule has 0 spiro atoms. The highest BCUT2D eigenvalue weighted by atomic mass is 32.2. The number of sulfone groups is 1. The zero-order valence-electron chi connectivity index (χ0n) is 9.54. The van der Waals surface area contributed by atoms with E-state index < -0.39 is 15.3 Å². The summed E-state index contributed by atoms with van der Waals surface area (Å²) in [7, 11) is -3.02. The van der Waals surface area contributed by atoms with Crippen molar-refractivity contribution < 1.29 is 13.2 Å². The van der Waals surface area contributed by atoms with Gasteiger partial charge in [-0.05, 0) is 13.3 Å². The van der Waals surface area contributed by atoms with E-state index in [1.54, 1.807) is 6.92 Å². The highest BCUT2D eigenvalue weighted by Gasteiger charge is 2.29. The third-order valence-electron chi connectivity index (χ3n) is 2.54. The predicted octanol–water partition coefficient (Wildman–Crippen LogP) is -0.478. The van der Waals surface area contributed by atoms with E-state index in [0.717, 1.165) is 6.26 Å². The number of hydrogen-bond donors (Lipinski definition) is 2. The third kappa shape index (κ3) is 5.13. The molecule has 0 radical (unpaired) electrons. The largest absolute Gasteiger partial charge is 0.355 e. The molecule has 0 fully saturated rings. The molecule has 0 aliphatic rings. The lowest BCUT2D eigenvalue weighted by atomic mass is 9.87. The van der Waals surface area contributed by atoms with Crippen molar-refractivity contribution in [1.29, 1.82) is 0 Å². The summed E-state index contributed by atoms with van der Waals surface area (Å²) in [6.07, 6.45) is 1.77. The first kappa shape index (κ1) is 14.4. The Balaban J connectivity index is 4.15. The van der Waals surface area contributed by atoms with Gasteiger partial charge in [0.2, 0.25) is 5.91 Å². The van der Waals surface area contributed by atoms with Gasteiger partial charge >= 0.3 is 0 Å². The number of carbonyl (C=O) groups excluding carboxylic acids is 1. The zero-order valence-corrected chi connectivity index (χ0v) is 10.4. The van der Waals surface area contributed by atoms with Crippen LogP contribution in [0.15, 0.2) is 0 Å². The molecule has 0 saturated carbocycles.